The largest absolute Gasteiger partial charge is 0.392 e. The number of aliphatic hydroxyl groups is 1. The van der Waals surface area contributed by atoms with Crippen molar-refractivity contribution < 1.29 is 5.11 Å². The summed E-state index contributed by atoms with van der Waals surface area (Å²) in [7, 11) is 0. The first-order valence-corrected chi connectivity index (χ1v) is 5.27. The van der Waals surface area contributed by atoms with Gasteiger partial charge in [0.1, 0.15) is 0 Å². The number of hydrogen-bond acceptors (Lipinski definition) is 3. The van der Waals surface area contributed by atoms with E-state index in [1.54, 1.807) is 12.4 Å². The van der Waals surface area contributed by atoms with E-state index >= 15 is 0 Å². The van der Waals surface area contributed by atoms with Gasteiger partial charge in [0, 0.05) is 22.4 Å². The first-order chi connectivity index (χ1) is 7.31. The minimum atomic E-state index is -0.0433. The Bertz CT molecular complexity index is 459. The van der Waals surface area contributed by atoms with Crippen molar-refractivity contribution in [1.29, 1.82) is 0 Å². The predicted molar refractivity (Wildman–Crippen MR) is 61.1 cm³/mol. The lowest BCUT2D eigenvalue weighted by Gasteiger charge is -2.05. The van der Waals surface area contributed by atoms with Gasteiger partial charge in [-0.05, 0) is 34.1 Å². The second-order valence-electron chi connectivity index (χ2n) is 3.03. The smallest absolute Gasteiger partial charge is 0.0942 e. The van der Waals surface area contributed by atoms with Gasteiger partial charge < -0.3 is 5.11 Å². The highest BCUT2D eigenvalue weighted by atomic mass is 79.9. The van der Waals surface area contributed by atoms with E-state index in [1.807, 2.05) is 24.3 Å². The van der Waals surface area contributed by atoms with E-state index in [4.69, 9.17) is 0 Å². The van der Waals surface area contributed by atoms with E-state index < -0.39 is 0 Å². The highest BCUT2D eigenvalue weighted by molar-refractivity contribution is 9.10. The van der Waals surface area contributed by atoms with Gasteiger partial charge in [-0.3, -0.25) is 9.97 Å². The fraction of sp³-hybridized carbons (Fsp3) is 0.0909. The van der Waals surface area contributed by atoms with E-state index in [1.165, 1.54) is 0 Å². The summed E-state index contributed by atoms with van der Waals surface area (Å²) in [6.45, 7) is -0.0433. The molecule has 2 heterocycles. The summed E-state index contributed by atoms with van der Waals surface area (Å²) in [6.07, 6.45) is 3.41. The van der Waals surface area contributed by atoms with Crippen molar-refractivity contribution in [3.8, 4) is 11.4 Å². The minimum Gasteiger partial charge on any atom is -0.392 e. The highest BCUT2D eigenvalue weighted by Crippen LogP contribution is 2.22. The molecule has 2 rings (SSSR count). The monoisotopic (exact) mass is 264 g/mol. The molecule has 0 spiro atoms. The van der Waals surface area contributed by atoms with E-state index in [2.05, 4.69) is 25.9 Å². The van der Waals surface area contributed by atoms with E-state index in [0.717, 1.165) is 21.4 Å². The molecule has 0 saturated carbocycles. The van der Waals surface area contributed by atoms with Crippen LogP contribution in [0.5, 0.6) is 0 Å². The van der Waals surface area contributed by atoms with Gasteiger partial charge in [0.2, 0.25) is 0 Å². The molecule has 2 aromatic rings. The summed E-state index contributed by atoms with van der Waals surface area (Å²) in [5, 5.41) is 9.22. The third kappa shape index (κ3) is 2.22. The van der Waals surface area contributed by atoms with Crippen LogP contribution in [-0.4, -0.2) is 15.1 Å². The molecule has 0 fully saturated rings. The molecule has 0 aliphatic heterocycles. The maximum absolute atomic E-state index is 9.22. The molecule has 0 saturated heterocycles. The minimum absolute atomic E-state index is 0.0433. The molecule has 4 heteroatoms. The summed E-state index contributed by atoms with van der Waals surface area (Å²) in [4.78, 5) is 8.45. The van der Waals surface area contributed by atoms with Crippen LogP contribution in [0.25, 0.3) is 11.4 Å². The van der Waals surface area contributed by atoms with Crippen LogP contribution >= 0.6 is 15.9 Å². The summed E-state index contributed by atoms with van der Waals surface area (Å²) in [5.74, 6) is 0. The van der Waals surface area contributed by atoms with Crippen LogP contribution in [0.1, 0.15) is 5.56 Å². The normalized spacial score (nSPS) is 10.3. The Balaban J connectivity index is 2.53. The van der Waals surface area contributed by atoms with Gasteiger partial charge in [-0.1, -0.05) is 6.07 Å². The van der Waals surface area contributed by atoms with E-state index in [-0.39, 0.29) is 6.61 Å². The number of nitrogens with zero attached hydrogens (tertiary/aromatic N) is 2. The third-order valence-electron chi connectivity index (χ3n) is 2.01. The predicted octanol–water partition coefficient (Wildman–Crippen LogP) is 2.40. The Morgan fingerprint density at radius 1 is 1.27 bits per heavy atom. The average molecular weight is 265 g/mol. The molecular formula is C11H9BrN2O. The molecule has 0 aliphatic carbocycles. The topological polar surface area (TPSA) is 46.0 Å². The van der Waals surface area contributed by atoms with Gasteiger partial charge in [0.25, 0.3) is 0 Å². The molecule has 0 amide bonds. The zero-order valence-corrected chi connectivity index (χ0v) is 9.48. The summed E-state index contributed by atoms with van der Waals surface area (Å²) < 4.78 is 0.853. The number of aliphatic hydroxyl groups excluding tert-OH is 1. The van der Waals surface area contributed by atoms with Gasteiger partial charge in [0.15, 0.2) is 0 Å². The Hall–Kier alpha value is -1.26. The number of hydrogen-bond donors (Lipinski definition) is 1. The Labute approximate surface area is 96.0 Å². The zero-order chi connectivity index (χ0) is 10.7. The van der Waals surface area contributed by atoms with Gasteiger partial charge >= 0.3 is 0 Å². The summed E-state index contributed by atoms with van der Waals surface area (Å²) in [5.41, 5.74) is 2.26. The van der Waals surface area contributed by atoms with E-state index in [0.29, 0.717) is 0 Å². The van der Waals surface area contributed by atoms with Crippen molar-refractivity contribution in [3.63, 3.8) is 0 Å². The molecule has 0 aromatic carbocycles. The molecule has 0 radical (unpaired) electrons. The molecule has 3 nitrogen and oxygen atoms in total. The second kappa shape index (κ2) is 4.51. The number of halogens is 1. The molecule has 0 aliphatic rings. The number of aromatic nitrogens is 2. The first-order valence-electron chi connectivity index (χ1n) is 4.48. The summed E-state index contributed by atoms with van der Waals surface area (Å²) in [6, 6.07) is 7.46. The molecule has 76 valence electrons. The zero-order valence-electron chi connectivity index (χ0n) is 7.89. The van der Waals surface area contributed by atoms with Crippen LogP contribution in [-0.2, 0) is 6.61 Å². The van der Waals surface area contributed by atoms with Crippen molar-refractivity contribution in [2.75, 3.05) is 0 Å². The van der Waals surface area contributed by atoms with Crippen LogP contribution in [0, 0.1) is 0 Å². The summed E-state index contributed by atoms with van der Waals surface area (Å²) >= 11 is 3.32. The SMILES string of the molecule is OCc1cc(Br)cnc1-c1ccccn1. The van der Waals surface area contributed by atoms with Crippen LogP contribution in [0.2, 0.25) is 0 Å². The Morgan fingerprint density at radius 2 is 2.13 bits per heavy atom. The average Bonchev–Trinajstić information content (AvgIpc) is 2.30. The lowest BCUT2D eigenvalue weighted by Crippen LogP contribution is -1.94. The van der Waals surface area contributed by atoms with E-state index in [9.17, 15) is 5.11 Å². The Kier molecular flexibility index (Phi) is 3.08. The first kappa shape index (κ1) is 10.3. The fourth-order valence-electron chi connectivity index (χ4n) is 1.34. The second-order valence-corrected chi connectivity index (χ2v) is 3.95. The van der Waals surface area contributed by atoms with Gasteiger partial charge in [-0.2, -0.15) is 0 Å². The molecule has 2 aromatic heterocycles. The van der Waals surface area contributed by atoms with Crippen molar-refractivity contribution >= 4 is 15.9 Å². The van der Waals surface area contributed by atoms with Crippen LogP contribution in [0.4, 0.5) is 0 Å². The van der Waals surface area contributed by atoms with Crippen molar-refractivity contribution in [1.82, 2.24) is 9.97 Å². The molecule has 0 bridgehead atoms. The standard InChI is InChI=1S/C11H9BrN2O/c12-9-5-8(7-15)11(14-6-9)10-3-1-2-4-13-10/h1-6,15H,7H2. The number of rotatable bonds is 2. The van der Waals surface area contributed by atoms with Gasteiger partial charge in [-0.15, -0.1) is 0 Å². The third-order valence-corrected chi connectivity index (χ3v) is 2.44. The van der Waals surface area contributed by atoms with Crippen LogP contribution in [0.3, 0.4) is 0 Å². The molecule has 1 N–H and O–H groups in total. The lowest BCUT2D eigenvalue weighted by atomic mass is 10.1. The molecule has 15 heavy (non-hydrogen) atoms. The van der Waals surface area contributed by atoms with Crippen molar-refractivity contribution in [3.05, 3.63) is 46.7 Å². The van der Waals surface area contributed by atoms with Gasteiger partial charge in [-0.25, -0.2) is 0 Å². The maximum Gasteiger partial charge on any atom is 0.0942 e. The molecular weight excluding hydrogens is 256 g/mol. The van der Waals surface area contributed by atoms with Crippen molar-refractivity contribution in [2.45, 2.75) is 6.61 Å². The molecule has 0 atom stereocenters. The number of pyridine rings is 2. The quantitative estimate of drug-likeness (QED) is 0.906. The lowest BCUT2D eigenvalue weighted by molar-refractivity contribution is 0.282. The fourth-order valence-corrected chi connectivity index (χ4v) is 1.71. The maximum atomic E-state index is 9.22. The Morgan fingerprint density at radius 3 is 2.80 bits per heavy atom. The molecule has 0 unspecified atom stereocenters. The van der Waals surface area contributed by atoms with Crippen LogP contribution < -0.4 is 0 Å². The van der Waals surface area contributed by atoms with Crippen LogP contribution in [0.15, 0.2) is 41.1 Å². The van der Waals surface area contributed by atoms with Crippen molar-refractivity contribution in [2.24, 2.45) is 0 Å². The van der Waals surface area contributed by atoms with Gasteiger partial charge in [0.05, 0.1) is 18.0 Å². The highest BCUT2D eigenvalue weighted by Gasteiger charge is 2.07.